The quantitative estimate of drug-likeness (QED) is 0.458. The van der Waals surface area contributed by atoms with E-state index < -0.39 is 0 Å². The van der Waals surface area contributed by atoms with Crippen LogP contribution in [-0.2, 0) is 6.54 Å². The molecule has 1 N–H and O–H groups in total. The van der Waals surface area contributed by atoms with Crippen LogP contribution in [-0.4, -0.2) is 27.2 Å². The van der Waals surface area contributed by atoms with Gasteiger partial charge in [0.2, 0.25) is 0 Å². The third-order valence-corrected chi connectivity index (χ3v) is 6.58. The van der Waals surface area contributed by atoms with E-state index in [1.54, 1.807) is 11.3 Å². The Morgan fingerprint density at radius 2 is 2.03 bits per heavy atom. The van der Waals surface area contributed by atoms with Gasteiger partial charge in [0.05, 0.1) is 27.6 Å². The molecule has 1 fully saturated rings. The Morgan fingerprint density at radius 1 is 1.13 bits per heavy atom. The zero-order valence-electron chi connectivity index (χ0n) is 16.7. The van der Waals surface area contributed by atoms with Crippen molar-refractivity contribution in [1.82, 2.24) is 14.5 Å². The van der Waals surface area contributed by atoms with Crippen molar-refractivity contribution in [3.8, 4) is 11.8 Å². The van der Waals surface area contributed by atoms with Gasteiger partial charge in [-0.2, -0.15) is 5.26 Å². The van der Waals surface area contributed by atoms with Gasteiger partial charge in [-0.3, -0.25) is 0 Å². The Hall–Kier alpha value is -3.11. The molecule has 1 saturated carbocycles. The topological polar surface area (TPSA) is 75.8 Å². The fourth-order valence-electron chi connectivity index (χ4n) is 4.12. The normalized spacial score (nSPS) is 14.8. The summed E-state index contributed by atoms with van der Waals surface area (Å²) in [5.41, 5.74) is 4.18. The molecule has 2 heterocycles. The van der Waals surface area contributed by atoms with Gasteiger partial charge in [0.1, 0.15) is 11.8 Å². The molecule has 2 aromatic heterocycles. The first-order chi connectivity index (χ1) is 14.8. The van der Waals surface area contributed by atoms with Gasteiger partial charge < -0.3 is 14.6 Å². The lowest BCUT2D eigenvalue weighted by atomic mass is 9.96. The van der Waals surface area contributed by atoms with E-state index >= 15 is 0 Å². The van der Waals surface area contributed by atoms with Crippen molar-refractivity contribution in [3.05, 3.63) is 48.3 Å². The summed E-state index contributed by atoms with van der Waals surface area (Å²) in [6, 6.07) is 14.8. The highest BCUT2D eigenvalue weighted by Gasteiger charge is 2.15. The molecule has 4 aromatic rings. The molecule has 0 amide bonds. The van der Waals surface area contributed by atoms with Gasteiger partial charge >= 0.3 is 0 Å². The molecule has 0 saturated heterocycles. The van der Waals surface area contributed by atoms with Crippen LogP contribution in [0.5, 0.6) is 5.75 Å². The smallest absolute Gasteiger partial charge is 0.184 e. The Kier molecular flexibility index (Phi) is 5.24. The van der Waals surface area contributed by atoms with Gasteiger partial charge in [-0.15, -0.1) is 0 Å². The maximum atomic E-state index is 8.67. The highest BCUT2D eigenvalue weighted by molar-refractivity contribution is 7.22. The average molecular weight is 418 g/mol. The molecule has 0 aliphatic heterocycles. The zero-order valence-corrected chi connectivity index (χ0v) is 17.5. The standard InChI is InChI=1S/C23H23N5OS/c24-10-11-29-18-7-9-21-20(13-18)25-15-28(21)14-16-6-8-19-22(12-16)30-23(27-19)26-17-4-2-1-3-5-17/h6-9,12-13,15,17H,1-5,11,14H2,(H,26,27). The summed E-state index contributed by atoms with van der Waals surface area (Å²) in [5, 5.41) is 13.3. The summed E-state index contributed by atoms with van der Waals surface area (Å²) in [5.74, 6) is 0.665. The maximum absolute atomic E-state index is 8.67. The van der Waals surface area contributed by atoms with E-state index in [9.17, 15) is 0 Å². The van der Waals surface area contributed by atoms with Gasteiger partial charge in [-0.05, 0) is 42.7 Å². The van der Waals surface area contributed by atoms with Crippen molar-refractivity contribution < 1.29 is 4.74 Å². The van der Waals surface area contributed by atoms with Gasteiger partial charge in [0.25, 0.3) is 0 Å². The van der Waals surface area contributed by atoms with Crippen LogP contribution in [0.25, 0.3) is 21.3 Å². The average Bonchev–Trinajstić information content (AvgIpc) is 3.36. The number of nitrogens with one attached hydrogen (secondary N) is 1. The first kappa shape index (κ1) is 18.9. The van der Waals surface area contributed by atoms with E-state index in [2.05, 4.69) is 33.1 Å². The van der Waals surface area contributed by atoms with E-state index in [0.717, 1.165) is 28.2 Å². The molecule has 0 atom stereocenters. The molecule has 0 spiro atoms. The largest absolute Gasteiger partial charge is 0.479 e. The second-order valence-electron chi connectivity index (χ2n) is 7.77. The molecular weight excluding hydrogens is 394 g/mol. The van der Waals surface area contributed by atoms with Crippen LogP contribution in [0.1, 0.15) is 37.7 Å². The number of hydrogen-bond acceptors (Lipinski definition) is 6. The summed E-state index contributed by atoms with van der Waals surface area (Å²) < 4.78 is 8.72. The Morgan fingerprint density at radius 3 is 2.90 bits per heavy atom. The molecule has 0 radical (unpaired) electrons. The third kappa shape index (κ3) is 3.96. The third-order valence-electron chi connectivity index (χ3n) is 5.63. The van der Waals surface area contributed by atoms with E-state index in [1.807, 2.05) is 30.6 Å². The van der Waals surface area contributed by atoms with Crippen LogP contribution in [0.4, 0.5) is 5.13 Å². The summed E-state index contributed by atoms with van der Waals surface area (Å²) in [4.78, 5) is 9.28. The van der Waals surface area contributed by atoms with Gasteiger partial charge in [-0.1, -0.05) is 36.7 Å². The van der Waals surface area contributed by atoms with Crippen LogP contribution in [0.15, 0.2) is 42.7 Å². The van der Waals surface area contributed by atoms with Crippen molar-refractivity contribution in [2.75, 3.05) is 11.9 Å². The number of hydrogen-bond donors (Lipinski definition) is 1. The van der Waals surface area contributed by atoms with Crippen molar-refractivity contribution in [2.45, 2.75) is 44.7 Å². The maximum Gasteiger partial charge on any atom is 0.184 e. The molecule has 5 rings (SSSR count). The van der Waals surface area contributed by atoms with Crippen LogP contribution in [0.2, 0.25) is 0 Å². The second kappa shape index (κ2) is 8.33. The minimum atomic E-state index is 0.0403. The minimum absolute atomic E-state index is 0.0403. The highest BCUT2D eigenvalue weighted by Crippen LogP contribution is 2.30. The van der Waals surface area contributed by atoms with E-state index in [0.29, 0.717) is 11.8 Å². The lowest BCUT2D eigenvalue weighted by Gasteiger charge is -2.22. The summed E-state index contributed by atoms with van der Waals surface area (Å²) in [6.07, 6.45) is 8.34. The van der Waals surface area contributed by atoms with Crippen molar-refractivity contribution in [3.63, 3.8) is 0 Å². The second-order valence-corrected chi connectivity index (χ2v) is 8.80. The predicted octanol–water partition coefficient (Wildman–Crippen LogP) is 5.34. The number of rotatable bonds is 6. The summed E-state index contributed by atoms with van der Waals surface area (Å²) >= 11 is 1.74. The molecule has 2 aromatic carbocycles. The first-order valence-electron chi connectivity index (χ1n) is 10.4. The molecule has 0 unspecified atom stereocenters. The zero-order chi connectivity index (χ0) is 20.3. The van der Waals surface area contributed by atoms with E-state index in [4.69, 9.17) is 15.0 Å². The lowest BCUT2D eigenvalue weighted by molar-refractivity contribution is 0.368. The number of nitrogens with zero attached hydrogens (tertiary/aromatic N) is 4. The number of fused-ring (bicyclic) bond motifs is 2. The Labute approximate surface area is 179 Å². The number of anilines is 1. The first-order valence-corrected chi connectivity index (χ1v) is 11.2. The number of nitriles is 1. The van der Waals surface area contributed by atoms with Crippen molar-refractivity contribution >= 4 is 37.7 Å². The number of benzene rings is 2. The highest BCUT2D eigenvalue weighted by atomic mass is 32.1. The van der Waals surface area contributed by atoms with Gasteiger partial charge in [-0.25, -0.2) is 9.97 Å². The predicted molar refractivity (Wildman–Crippen MR) is 120 cm³/mol. The van der Waals surface area contributed by atoms with E-state index in [-0.39, 0.29) is 6.61 Å². The molecule has 7 heteroatoms. The molecular formula is C23H23N5OS. The SMILES string of the molecule is N#CCOc1ccc2c(c1)ncn2Cc1ccc2nc(NC3CCCCC3)sc2c1. The van der Waals surface area contributed by atoms with E-state index in [1.165, 1.54) is 42.4 Å². The minimum Gasteiger partial charge on any atom is -0.479 e. The summed E-state index contributed by atoms with van der Waals surface area (Å²) in [6.45, 7) is 0.785. The van der Waals surface area contributed by atoms with Crippen molar-refractivity contribution in [2.24, 2.45) is 0 Å². The molecule has 1 aliphatic carbocycles. The van der Waals surface area contributed by atoms with Crippen LogP contribution in [0, 0.1) is 11.3 Å². The number of thiazole rings is 1. The van der Waals surface area contributed by atoms with Crippen LogP contribution >= 0.6 is 11.3 Å². The number of imidazole rings is 1. The molecule has 30 heavy (non-hydrogen) atoms. The monoisotopic (exact) mass is 417 g/mol. The van der Waals surface area contributed by atoms with Crippen molar-refractivity contribution in [1.29, 1.82) is 5.26 Å². The molecule has 0 bridgehead atoms. The number of ether oxygens (including phenoxy) is 1. The fourth-order valence-corrected chi connectivity index (χ4v) is 5.13. The Balaban J connectivity index is 1.34. The molecule has 6 nitrogen and oxygen atoms in total. The number of aromatic nitrogens is 3. The van der Waals surface area contributed by atoms with Crippen LogP contribution < -0.4 is 10.1 Å². The fraction of sp³-hybridized carbons (Fsp3) is 0.348. The lowest BCUT2D eigenvalue weighted by Crippen LogP contribution is -2.21. The summed E-state index contributed by atoms with van der Waals surface area (Å²) in [7, 11) is 0. The molecule has 152 valence electrons. The van der Waals surface area contributed by atoms with Gasteiger partial charge in [0, 0.05) is 18.7 Å². The van der Waals surface area contributed by atoms with Gasteiger partial charge in [0.15, 0.2) is 11.7 Å². The molecule has 1 aliphatic rings. The Bertz CT molecular complexity index is 1220. The van der Waals surface area contributed by atoms with Crippen LogP contribution in [0.3, 0.4) is 0 Å².